The van der Waals surface area contributed by atoms with Crippen LogP contribution in [0.4, 0.5) is 26.4 Å². The van der Waals surface area contributed by atoms with Crippen molar-refractivity contribution in [3.8, 4) is 11.1 Å². The Bertz CT molecular complexity index is 1280. The summed E-state index contributed by atoms with van der Waals surface area (Å²) >= 11 is 0. The predicted octanol–water partition coefficient (Wildman–Crippen LogP) is 4.88. The topological polar surface area (TPSA) is 97.9 Å². The van der Waals surface area contributed by atoms with Gasteiger partial charge in [0.2, 0.25) is 0 Å². The standard InChI is InChI=1S/C23H21FN6O/c1-30-22-20(21(25)29-30)18(12-19(28-22)14-2-3-14)13-4-8-16(9-5-13)26-23(31)27-17-10-6-15(24)7-11-17/h4-12,14H,2-3H2,1H3,(H2,25,29)(H2,26,27,31). The summed E-state index contributed by atoms with van der Waals surface area (Å²) < 4.78 is 14.7. The number of rotatable bonds is 4. The van der Waals surface area contributed by atoms with Crippen molar-refractivity contribution < 1.29 is 9.18 Å². The lowest BCUT2D eigenvalue weighted by molar-refractivity contribution is 0.262. The Balaban J connectivity index is 1.40. The molecule has 1 saturated carbocycles. The highest BCUT2D eigenvalue weighted by atomic mass is 19.1. The van der Waals surface area contributed by atoms with Crippen molar-refractivity contribution in [2.45, 2.75) is 18.8 Å². The number of amides is 2. The number of carbonyl (C=O) groups is 1. The van der Waals surface area contributed by atoms with E-state index in [9.17, 15) is 9.18 Å². The van der Waals surface area contributed by atoms with E-state index in [1.807, 2.05) is 31.3 Å². The van der Waals surface area contributed by atoms with E-state index in [1.54, 1.807) is 4.68 Å². The van der Waals surface area contributed by atoms with Crippen LogP contribution in [0, 0.1) is 5.82 Å². The fraction of sp³-hybridized carbons (Fsp3) is 0.174. The number of nitrogens with zero attached hydrogens (tertiary/aromatic N) is 3. The number of aromatic nitrogens is 3. The molecule has 4 N–H and O–H groups in total. The molecular formula is C23H21FN6O. The molecule has 8 heteroatoms. The SMILES string of the molecule is Cn1nc(N)c2c(-c3ccc(NC(=O)Nc4ccc(F)cc4)cc3)cc(C3CC3)nc21. The lowest BCUT2D eigenvalue weighted by atomic mass is 10.0. The minimum absolute atomic E-state index is 0.356. The average molecular weight is 416 g/mol. The third-order valence-corrected chi connectivity index (χ3v) is 5.39. The highest BCUT2D eigenvalue weighted by molar-refractivity contribution is 6.02. The monoisotopic (exact) mass is 416 g/mol. The molecule has 0 radical (unpaired) electrons. The zero-order valence-electron chi connectivity index (χ0n) is 16.9. The van der Waals surface area contributed by atoms with Crippen LogP contribution in [-0.4, -0.2) is 20.8 Å². The van der Waals surface area contributed by atoms with Gasteiger partial charge in [-0.25, -0.2) is 18.9 Å². The second-order valence-corrected chi connectivity index (χ2v) is 7.74. The number of nitrogens with two attached hydrogens (primary N) is 1. The molecule has 0 spiro atoms. The van der Waals surface area contributed by atoms with Gasteiger partial charge in [0.05, 0.1) is 5.39 Å². The molecule has 0 saturated heterocycles. The molecule has 0 unspecified atom stereocenters. The number of urea groups is 1. The fourth-order valence-electron chi connectivity index (χ4n) is 3.67. The first-order valence-electron chi connectivity index (χ1n) is 10.0. The molecule has 1 aliphatic rings. The molecule has 7 nitrogen and oxygen atoms in total. The van der Waals surface area contributed by atoms with Gasteiger partial charge in [-0.1, -0.05) is 12.1 Å². The molecule has 1 aliphatic carbocycles. The highest BCUT2D eigenvalue weighted by Crippen LogP contribution is 2.42. The van der Waals surface area contributed by atoms with Gasteiger partial charge in [0, 0.05) is 30.0 Å². The predicted molar refractivity (Wildman–Crippen MR) is 119 cm³/mol. The molecule has 2 aromatic carbocycles. The molecule has 2 aromatic heterocycles. The Hall–Kier alpha value is -3.94. The number of nitrogens with one attached hydrogen (secondary N) is 2. The summed E-state index contributed by atoms with van der Waals surface area (Å²) in [7, 11) is 1.85. The summed E-state index contributed by atoms with van der Waals surface area (Å²) in [6.07, 6.45) is 2.30. The van der Waals surface area contributed by atoms with Crippen molar-refractivity contribution in [1.82, 2.24) is 14.8 Å². The van der Waals surface area contributed by atoms with Crippen molar-refractivity contribution in [3.63, 3.8) is 0 Å². The summed E-state index contributed by atoms with van der Waals surface area (Å²) in [5.74, 6) is 0.587. The van der Waals surface area contributed by atoms with Crippen LogP contribution in [0.25, 0.3) is 22.2 Å². The van der Waals surface area contributed by atoms with Crippen LogP contribution in [0.5, 0.6) is 0 Å². The van der Waals surface area contributed by atoms with Crippen molar-refractivity contribution in [3.05, 3.63) is 66.1 Å². The van der Waals surface area contributed by atoms with Gasteiger partial charge in [-0.15, -0.1) is 0 Å². The van der Waals surface area contributed by atoms with E-state index in [2.05, 4.69) is 21.8 Å². The van der Waals surface area contributed by atoms with E-state index in [0.29, 0.717) is 23.1 Å². The van der Waals surface area contributed by atoms with E-state index in [0.717, 1.165) is 40.7 Å². The summed E-state index contributed by atoms with van der Waals surface area (Å²) in [6.45, 7) is 0. The number of benzene rings is 2. The molecule has 2 amide bonds. The number of hydrogen-bond donors (Lipinski definition) is 3. The van der Waals surface area contributed by atoms with E-state index >= 15 is 0 Å². The largest absolute Gasteiger partial charge is 0.382 e. The summed E-state index contributed by atoms with van der Waals surface area (Å²) in [6, 6.07) is 14.8. The maximum Gasteiger partial charge on any atom is 0.323 e. The first-order chi connectivity index (χ1) is 15.0. The van der Waals surface area contributed by atoms with Crippen LogP contribution in [0.1, 0.15) is 24.5 Å². The third-order valence-electron chi connectivity index (χ3n) is 5.39. The van der Waals surface area contributed by atoms with Gasteiger partial charge >= 0.3 is 6.03 Å². The Morgan fingerprint density at radius 3 is 2.29 bits per heavy atom. The molecule has 0 bridgehead atoms. The van der Waals surface area contributed by atoms with E-state index in [-0.39, 0.29) is 5.82 Å². The number of aryl methyl sites for hydroxylation is 1. The highest BCUT2D eigenvalue weighted by Gasteiger charge is 2.27. The van der Waals surface area contributed by atoms with Crippen LogP contribution in [0.2, 0.25) is 0 Å². The van der Waals surface area contributed by atoms with Gasteiger partial charge in [0.1, 0.15) is 5.82 Å². The van der Waals surface area contributed by atoms with Crippen molar-refractivity contribution in [1.29, 1.82) is 0 Å². The van der Waals surface area contributed by atoms with Crippen LogP contribution in [-0.2, 0) is 7.05 Å². The first-order valence-corrected chi connectivity index (χ1v) is 10.0. The van der Waals surface area contributed by atoms with Gasteiger partial charge in [-0.05, 0) is 66.4 Å². The molecular weight excluding hydrogens is 395 g/mol. The molecule has 2 heterocycles. The molecule has 5 rings (SSSR count). The fourth-order valence-corrected chi connectivity index (χ4v) is 3.67. The Morgan fingerprint density at radius 1 is 1.06 bits per heavy atom. The third kappa shape index (κ3) is 3.79. The summed E-state index contributed by atoms with van der Waals surface area (Å²) in [5, 5.41) is 10.6. The van der Waals surface area contributed by atoms with E-state index in [4.69, 9.17) is 10.7 Å². The molecule has 0 aliphatic heterocycles. The number of carbonyl (C=O) groups excluding carboxylic acids is 1. The Morgan fingerprint density at radius 2 is 1.68 bits per heavy atom. The van der Waals surface area contributed by atoms with Crippen molar-refractivity contribution >= 4 is 34.3 Å². The number of halogens is 1. The maximum atomic E-state index is 13.0. The molecule has 31 heavy (non-hydrogen) atoms. The van der Waals surface area contributed by atoms with Crippen molar-refractivity contribution in [2.24, 2.45) is 7.05 Å². The summed E-state index contributed by atoms with van der Waals surface area (Å²) in [4.78, 5) is 17.0. The quantitative estimate of drug-likeness (QED) is 0.442. The van der Waals surface area contributed by atoms with Gasteiger partial charge in [0.15, 0.2) is 11.5 Å². The van der Waals surface area contributed by atoms with E-state index in [1.165, 1.54) is 24.3 Å². The van der Waals surface area contributed by atoms with Gasteiger partial charge in [-0.3, -0.25) is 0 Å². The minimum Gasteiger partial charge on any atom is -0.382 e. The number of nitrogen functional groups attached to an aromatic ring is 1. The molecule has 4 aromatic rings. The minimum atomic E-state index is -0.404. The van der Waals surface area contributed by atoms with Crippen molar-refractivity contribution in [2.75, 3.05) is 16.4 Å². The Kier molecular flexibility index (Phi) is 4.54. The second kappa shape index (κ2) is 7.39. The van der Waals surface area contributed by atoms with Crippen LogP contribution in [0.15, 0.2) is 54.6 Å². The zero-order chi connectivity index (χ0) is 21.5. The number of fused-ring (bicyclic) bond motifs is 1. The van der Waals surface area contributed by atoms with Gasteiger partial charge in [-0.2, -0.15) is 5.10 Å². The average Bonchev–Trinajstić information content (AvgIpc) is 3.56. The number of anilines is 3. The molecule has 0 atom stereocenters. The number of pyridine rings is 1. The van der Waals surface area contributed by atoms with Crippen LogP contribution >= 0.6 is 0 Å². The lowest BCUT2D eigenvalue weighted by Crippen LogP contribution is -2.19. The maximum absolute atomic E-state index is 13.0. The van der Waals surface area contributed by atoms with Crippen LogP contribution in [0.3, 0.4) is 0 Å². The van der Waals surface area contributed by atoms with Crippen LogP contribution < -0.4 is 16.4 Å². The molecule has 1 fully saturated rings. The summed E-state index contributed by atoms with van der Waals surface area (Å²) in [5.41, 5.74) is 11.1. The van der Waals surface area contributed by atoms with Gasteiger partial charge in [0.25, 0.3) is 0 Å². The Labute approximate surface area is 178 Å². The second-order valence-electron chi connectivity index (χ2n) is 7.74. The smallest absolute Gasteiger partial charge is 0.323 e. The van der Waals surface area contributed by atoms with Gasteiger partial charge < -0.3 is 16.4 Å². The molecule has 156 valence electrons. The number of hydrogen-bond acceptors (Lipinski definition) is 4. The first kappa shape index (κ1) is 19.0. The zero-order valence-corrected chi connectivity index (χ0v) is 16.9. The van der Waals surface area contributed by atoms with E-state index < -0.39 is 6.03 Å². The lowest BCUT2D eigenvalue weighted by Gasteiger charge is -2.10. The normalized spacial score (nSPS) is 13.4.